The lowest BCUT2D eigenvalue weighted by molar-refractivity contribution is 0.0694. The average molecular weight is 141 g/mol. The van der Waals surface area contributed by atoms with Gasteiger partial charge in [-0.3, -0.25) is 0 Å². The molecule has 0 amide bonds. The van der Waals surface area contributed by atoms with E-state index in [-0.39, 0.29) is 5.56 Å². The van der Waals surface area contributed by atoms with Crippen LogP contribution in [0.2, 0.25) is 0 Å². The van der Waals surface area contributed by atoms with Crippen LogP contribution in [0.4, 0.5) is 0 Å². The van der Waals surface area contributed by atoms with Crippen molar-refractivity contribution in [2.24, 2.45) is 0 Å². The Labute approximate surface area is 57.4 Å². The fourth-order valence-corrected chi connectivity index (χ4v) is 0.686. The molecule has 4 heteroatoms. The smallest absolute Gasteiger partial charge is 0.341 e. The first kappa shape index (κ1) is 6.67. The molecule has 0 aromatic carbocycles. The second-order valence-corrected chi connectivity index (χ2v) is 1.74. The summed E-state index contributed by atoms with van der Waals surface area (Å²) < 4.78 is 4.73. The van der Waals surface area contributed by atoms with Crippen molar-refractivity contribution in [2.75, 3.05) is 7.11 Å². The number of aromatic carboxylic acids is 1. The molecule has 0 aliphatic heterocycles. The summed E-state index contributed by atoms with van der Waals surface area (Å²) in [5.41, 5.74) is 0.155. The molecular formula is C6H7NO3. The molecule has 0 aliphatic carbocycles. The number of methoxy groups -OCH3 is 1. The van der Waals surface area contributed by atoms with Crippen LogP contribution in [-0.2, 0) is 0 Å². The van der Waals surface area contributed by atoms with Gasteiger partial charge >= 0.3 is 5.97 Å². The van der Waals surface area contributed by atoms with E-state index in [4.69, 9.17) is 9.84 Å². The molecule has 4 nitrogen and oxygen atoms in total. The van der Waals surface area contributed by atoms with Crippen molar-refractivity contribution in [3.05, 3.63) is 18.0 Å². The predicted molar refractivity (Wildman–Crippen MR) is 34.3 cm³/mol. The first-order valence-corrected chi connectivity index (χ1v) is 2.69. The van der Waals surface area contributed by atoms with Crippen molar-refractivity contribution < 1.29 is 14.6 Å². The van der Waals surface area contributed by atoms with Crippen LogP contribution in [0.3, 0.4) is 0 Å². The van der Waals surface area contributed by atoms with Gasteiger partial charge in [-0.2, -0.15) is 0 Å². The van der Waals surface area contributed by atoms with Gasteiger partial charge in [0.05, 0.1) is 7.11 Å². The summed E-state index contributed by atoms with van der Waals surface area (Å²) in [5, 5.41) is 8.49. The van der Waals surface area contributed by atoms with Crippen molar-refractivity contribution in [3.8, 4) is 5.75 Å². The molecule has 0 saturated carbocycles. The molecule has 0 unspecified atom stereocenters. The minimum absolute atomic E-state index is 0.155. The van der Waals surface area contributed by atoms with Gasteiger partial charge in [0.1, 0.15) is 5.56 Å². The first-order valence-electron chi connectivity index (χ1n) is 2.69. The normalized spacial score (nSPS) is 9.30. The van der Waals surface area contributed by atoms with Crippen molar-refractivity contribution in [3.63, 3.8) is 0 Å². The van der Waals surface area contributed by atoms with Gasteiger partial charge in [-0.15, -0.1) is 0 Å². The van der Waals surface area contributed by atoms with E-state index in [9.17, 15) is 4.79 Å². The largest absolute Gasteiger partial charge is 0.494 e. The monoisotopic (exact) mass is 141 g/mol. The van der Waals surface area contributed by atoms with Crippen molar-refractivity contribution in [1.29, 1.82) is 0 Å². The molecule has 0 spiro atoms. The summed E-state index contributed by atoms with van der Waals surface area (Å²) >= 11 is 0. The van der Waals surface area contributed by atoms with Crippen molar-refractivity contribution in [1.82, 2.24) is 4.98 Å². The highest BCUT2D eigenvalue weighted by Crippen LogP contribution is 2.15. The maximum absolute atomic E-state index is 10.3. The van der Waals surface area contributed by atoms with Gasteiger partial charge in [0.2, 0.25) is 0 Å². The summed E-state index contributed by atoms with van der Waals surface area (Å²) in [6, 6.07) is 0. The molecule has 1 rings (SSSR count). The third kappa shape index (κ3) is 0.953. The third-order valence-electron chi connectivity index (χ3n) is 1.16. The van der Waals surface area contributed by atoms with E-state index in [0.29, 0.717) is 5.75 Å². The van der Waals surface area contributed by atoms with Crippen LogP contribution in [0, 0.1) is 0 Å². The molecule has 1 aromatic rings. The van der Waals surface area contributed by atoms with Crippen LogP contribution in [-0.4, -0.2) is 23.2 Å². The number of carboxylic acid groups (broad SMARTS) is 1. The number of carbonyl (C=O) groups is 1. The lowest BCUT2D eigenvalue weighted by atomic mass is 10.3. The Balaban J connectivity index is 3.01. The minimum atomic E-state index is -0.988. The van der Waals surface area contributed by atoms with Gasteiger partial charge in [-0.25, -0.2) is 4.79 Å². The number of hydrogen-bond donors (Lipinski definition) is 2. The summed E-state index contributed by atoms with van der Waals surface area (Å²) in [5.74, 6) is -0.634. The SMILES string of the molecule is COc1c[nH]cc1C(=O)O. The standard InChI is InChI=1S/C6H7NO3/c1-10-5-3-7-2-4(5)6(8)9/h2-3,7H,1H3,(H,8,9). The molecule has 0 bridgehead atoms. The Hall–Kier alpha value is -1.45. The Morgan fingerprint density at radius 2 is 2.40 bits per heavy atom. The quantitative estimate of drug-likeness (QED) is 0.637. The highest BCUT2D eigenvalue weighted by atomic mass is 16.5. The fourth-order valence-electron chi connectivity index (χ4n) is 0.686. The second-order valence-electron chi connectivity index (χ2n) is 1.74. The lowest BCUT2D eigenvalue weighted by Crippen LogP contribution is -1.96. The third-order valence-corrected chi connectivity index (χ3v) is 1.16. The summed E-state index contributed by atoms with van der Waals surface area (Å²) in [4.78, 5) is 13.0. The molecule has 0 atom stereocenters. The van der Waals surface area contributed by atoms with Crippen LogP contribution in [0.1, 0.15) is 10.4 Å². The van der Waals surface area contributed by atoms with E-state index in [1.807, 2.05) is 0 Å². The number of aromatic nitrogens is 1. The van der Waals surface area contributed by atoms with Gasteiger partial charge in [-0.05, 0) is 0 Å². The van der Waals surface area contributed by atoms with Crippen LogP contribution < -0.4 is 4.74 Å². The number of nitrogens with one attached hydrogen (secondary N) is 1. The van der Waals surface area contributed by atoms with Gasteiger partial charge in [0, 0.05) is 12.4 Å². The number of ether oxygens (including phenoxy) is 1. The van der Waals surface area contributed by atoms with Gasteiger partial charge in [-0.1, -0.05) is 0 Å². The van der Waals surface area contributed by atoms with E-state index in [2.05, 4.69) is 4.98 Å². The maximum atomic E-state index is 10.3. The van der Waals surface area contributed by atoms with Crippen molar-refractivity contribution in [2.45, 2.75) is 0 Å². The van der Waals surface area contributed by atoms with Crippen LogP contribution in [0.5, 0.6) is 5.75 Å². The van der Waals surface area contributed by atoms with Crippen LogP contribution in [0.15, 0.2) is 12.4 Å². The van der Waals surface area contributed by atoms with Crippen LogP contribution in [0.25, 0.3) is 0 Å². The van der Waals surface area contributed by atoms with Gasteiger partial charge in [0.25, 0.3) is 0 Å². The molecule has 0 saturated heterocycles. The zero-order valence-corrected chi connectivity index (χ0v) is 5.42. The van der Waals surface area contributed by atoms with E-state index < -0.39 is 5.97 Å². The zero-order valence-electron chi connectivity index (χ0n) is 5.42. The molecule has 1 heterocycles. The highest BCUT2D eigenvalue weighted by Gasteiger charge is 2.09. The molecule has 10 heavy (non-hydrogen) atoms. The second kappa shape index (κ2) is 2.43. The van der Waals surface area contributed by atoms with E-state index in [1.54, 1.807) is 0 Å². The molecule has 2 N–H and O–H groups in total. The number of carboxylic acids is 1. The first-order chi connectivity index (χ1) is 4.75. The van der Waals surface area contributed by atoms with E-state index >= 15 is 0 Å². The number of rotatable bonds is 2. The molecule has 0 aliphatic rings. The topological polar surface area (TPSA) is 62.3 Å². The molecule has 0 fully saturated rings. The molecule has 1 aromatic heterocycles. The molecule has 54 valence electrons. The van der Waals surface area contributed by atoms with Gasteiger partial charge < -0.3 is 14.8 Å². The maximum Gasteiger partial charge on any atom is 0.341 e. The zero-order chi connectivity index (χ0) is 7.56. The van der Waals surface area contributed by atoms with E-state index in [0.717, 1.165) is 0 Å². The Morgan fingerprint density at radius 1 is 1.70 bits per heavy atom. The highest BCUT2D eigenvalue weighted by molar-refractivity contribution is 5.90. The Bertz CT molecular complexity index is 241. The van der Waals surface area contributed by atoms with Crippen molar-refractivity contribution >= 4 is 5.97 Å². The summed E-state index contributed by atoms with van der Waals surface area (Å²) in [6.45, 7) is 0. The average Bonchev–Trinajstić information content (AvgIpc) is 2.33. The predicted octanol–water partition coefficient (Wildman–Crippen LogP) is 0.721. The minimum Gasteiger partial charge on any atom is -0.494 e. The van der Waals surface area contributed by atoms with Crippen LogP contribution >= 0.6 is 0 Å². The Kier molecular flexibility index (Phi) is 1.62. The Morgan fingerprint density at radius 3 is 2.80 bits per heavy atom. The lowest BCUT2D eigenvalue weighted by Gasteiger charge is -1.94. The summed E-state index contributed by atoms with van der Waals surface area (Å²) in [6.07, 6.45) is 2.87. The summed E-state index contributed by atoms with van der Waals surface area (Å²) in [7, 11) is 1.43. The number of aromatic amines is 1. The fraction of sp³-hybridized carbons (Fsp3) is 0.167. The number of hydrogen-bond acceptors (Lipinski definition) is 2. The molecular weight excluding hydrogens is 134 g/mol. The van der Waals surface area contributed by atoms with E-state index in [1.165, 1.54) is 19.5 Å². The number of H-pyrrole nitrogens is 1. The molecule has 0 radical (unpaired) electrons. The van der Waals surface area contributed by atoms with Gasteiger partial charge in [0.15, 0.2) is 5.75 Å².